The SMILES string of the molecule is CC(C)(C)OC(=O)NCCNC1CCCC1(F)F. The van der Waals surface area contributed by atoms with Gasteiger partial charge in [0.25, 0.3) is 5.92 Å². The van der Waals surface area contributed by atoms with Crippen LogP contribution in [0.3, 0.4) is 0 Å². The van der Waals surface area contributed by atoms with Crippen molar-refractivity contribution in [2.45, 2.75) is 57.6 Å². The van der Waals surface area contributed by atoms with Crippen LogP contribution >= 0.6 is 0 Å². The van der Waals surface area contributed by atoms with Gasteiger partial charge in [0.15, 0.2) is 0 Å². The van der Waals surface area contributed by atoms with Crippen LogP contribution in [0.25, 0.3) is 0 Å². The number of amides is 1. The largest absolute Gasteiger partial charge is 0.444 e. The minimum absolute atomic E-state index is 0.0514. The number of alkyl carbamates (subject to hydrolysis) is 1. The van der Waals surface area contributed by atoms with Crippen LogP contribution in [-0.4, -0.2) is 36.7 Å². The van der Waals surface area contributed by atoms with Crippen molar-refractivity contribution in [3.05, 3.63) is 0 Å². The molecule has 0 saturated heterocycles. The molecule has 2 N–H and O–H groups in total. The summed E-state index contributed by atoms with van der Waals surface area (Å²) in [5.74, 6) is -2.62. The van der Waals surface area contributed by atoms with Crippen LogP contribution in [0.2, 0.25) is 0 Å². The summed E-state index contributed by atoms with van der Waals surface area (Å²) < 4.78 is 31.5. The predicted octanol–water partition coefficient (Wildman–Crippen LogP) is 2.29. The third-order valence-corrected chi connectivity index (χ3v) is 2.70. The first kappa shape index (κ1) is 15.1. The van der Waals surface area contributed by atoms with Crippen molar-refractivity contribution in [3.8, 4) is 0 Å². The zero-order valence-electron chi connectivity index (χ0n) is 11.2. The highest BCUT2D eigenvalue weighted by Crippen LogP contribution is 2.34. The highest BCUT2D eigenvalue weighted by Gasteiger charge is 2.43. The average molecular weight is 264 g/mol. The maximum Gasteiger partial charge on any atom is 0.407 e. The van der Waals surface area contributed by atoms with E-state index < -0.39 is 23.7 Å². The molecule has 0 aromatic carbocycles. The number of rotatable bonds is 4. The van der Waals surface area contributed by atoms with E-state index in [1.807, 2.05) is 0 Å². The summed E-state index contributed by atoms with van der Waals surface area (Å²) in [6.45, 7) is 5.90. The van der Waals surface area contributed by atoms with Gasteiger partial charge in [0, 0.05) is 19.5 Å². The summed E-state index contributed by atoms with van der Waals surface area (Å²) in [5.41, 5.74) is -0.546. The molecular weight excluding hydrogens is 242 g/mol. The maximum atomic E-state index is 13.2. The molecule has 1 atom stereocenters. The van der Waals surface area contributed by atoms with Crippen molar-refractivity contribution < 1.29 is 18.3 Å². The molecule has 1 saturated carbocycles. The van der Waals surface area contributed by atoms with Crippen molar-refractivity contribution in [1.82, 2.24) is 10.6 Å². The Morgan fingerprint density at radius 3 is 2.56 bits per heavy atom. The summed E-state index contributed by atoms with van der Waals surface area (Å²) in [5, 5.41) is 5.29. The lowest BCUT2D eigenvalue weighted by atomic mass is 10.2. The second kappa shape index (κ2) is 5.82. The molecule has 1 amide bonds. The van der Waals surface area contributed by atoms with E-state index in [1.54, 1.807) is 20.8 Å². The molecule has 106 valence electrons. The standard InChI is InChI=1S/C12H22F2N2O2/c1-11(2,3)18-10(17)16-8-7-15-9-5-4-6-12(9,13)14/h9,15H,4-8H2,1-3H3,(H,16,17). The molecule has 0 aromatic heterocycles. The molecule has 0 spiro atoms. The van der Waals surface area contributed by atoms with Crippen LogP contribution in [0, 0.1) is 0 Å². The van der Waals surface area contributed by atoms with Crippen molar-refractivity contribution >= 4 is 6.09 Å². The Hall–Kier alpha value is -0.910. The smallest absolute Gasteiger partial charge is 0.407 e. The highest BCUT2D eigenvalue weighted by atomic mass is 19.3. The minimum Gasteiger partial charge on any atom is -0.444 e. The van der Waals surface area contributed by atoms with Gasteiger partial charge in [-0.05, 0) is 33.6 Å². The van der Waals surface area contributed by atoms with Gasteiger partial charge in [-0.25, -0.2) is 13.6 Å². The lowest BCUT2D eigenvalue weighted by Crippen LogP contribution is -2.44. The number of hydrogen-bond acceptors (Lipinski definition) is 3. The highest BCUT2D eigenvalue weighted by molar-refractivity contribution is 5.67. The van der Waals surface area contributed by atoms with E-state index in [0.717, 1.165) is 0 Å². The number of carbonyl (C=O) groups is 1. The Morgan fingerprint density at radius 1 is 1.39 bits per heavy atom. The molecule has 1 aliphatic rings. The summed E-state index contributed by atoms with van der Waals surface area (Å²) in [6.07, 6.45) is 0.454. The number of halogens is 2. The average Bonchev–Trinajstić information content (AvgIpc) is 2.50. The molecule has 1 unspecified atom stereocenters. The molecule has 0 radical (unpaired) electrons. The fourth-order valence-corrected chi connectivity index (χ4v) is 1.90. The molecule has 1 aliphatic carbocycles. The zero-order chi connectivity index (χ0) is 13.8. The Morgan fingerprint density at radius 2 is 2.06 bits per heavy atom. The Labute approximate surface area is 106 Å². The first-order chi connectivity index (χ1) is 8.21. The van der Waals surface area contributed by atoms with Crippen molar-refractivity contribution in [1.29, 1.82) is 0 Å². The second-order valence-electron chi connectivity index (χ2n) is 5.59. The Kier molecular flexibility index (Phi) is 4.90. The van der Waals surface area contributed by atoms with E-state index in [-0.39, 0.29) is 13.0 Å². The topological polar surface area (TPSA) is 50.4 Å². The van der Waals surface area contributed by atoms with Gasteiger partial charge in [-0.2, -0.15) is 0 Å². The first-order valence-electron chi connectivity index (χ1n) is 6.29. The lowest BCUT2D eigenvalue weighted by Gasteiger charge is -2.21. The van der Waals surface area contributed by atoms with Crippen molar-refractivity contribution in [2.75, 3.05) is 13.1 Å². The number of hydrogen-bond donors (Lipinski definition) is 2. The molecule has 6 heteroatoms. The third kappa shape index (κ3) is 5.16. The van der Waals surface area contributed by atoms with Crippen LogP contribution in [0.15, 0.2) is 0 Å². The van der Waals surface area contributed by atoms with E-state index in [4.69, 9.17) is 4.74 Å². The quantitative estimate of drug-likeness (QED) is 0.766. The molecule has 0 aliphatic heterocycles. The predicted molar refractivity (Wildman–Crippen MR) is 64.8 cm³/mol. The molecule has 0 aromatic rings. The second-order valence-corrected chi connectivity index (χ2v) is 5.59. The fourth-order valence-electron chi connectivity index (χ4n) is 1.90. The molecular formula is C12H22F2N2O2. The number of nitrogens with one attached hydrogen (secondary N) is 2. The first-order valence-corrected chi connectivity index (χ1v) is 6.29. The number of alkyl halides is 2. The van der Waals surface area contributed by atoms with Gasteiger partial charge in [-0.15, -0.1) is 0 Å². The Balaban J connectivity index is 2.14. The van der Waals surface area contributed by atoms with Gasteiger partial charge < -0.3 is 15.4 Å². The molecule has 18 heavy (non-hydrogen) atoms. The molecule has 4 nitrogen and oxygen atoms in total. The van der Waals surface area contributed by atoms with Gasteiger partial charge in [0.05, 0.1) is 6.04 Å². The van der Waals surface area contributed by atoms with Crippen LogP contribution < -0.4 is 10.6 Å². The maximum absolute atomic E-state index is 13.2. The van der Waals surface area contributed by atoms with Crippen LogP contribution in [0.5, 0.6) is 0 Å². The molecule has 1 rings (SSSR count). The minimum atomic E-state index is -2.62. The number of carbonyl (C=O) groups excluding carboxylic acids is 1. The lowest BCUT2D eigenvalue weighted by molar-refractivity contribution is -0.0175. The summed E-state index contributed by atoms with van der Waals surface area (Å²) >= 11 is 0. The van der Waals surface area contributed by atoms with Gasteiger partial charge in [0.1, 0.15) is 5.60 Å². The monoisotopic (exact) mass is 264 g/mol. The summed E-state index contributed by atoms with van der Waals surface area (Å²) in [4.78, 5) is 11.3. The van der Waals surface area contributed by atoms with E-state index in [2.05, 4.69) is 10.6 Å². The van der Waals surface area contributed by atoms with E-state index in [0.29, 0.717) is 19.4 Å². The molecule has 0 heterocycles. The van der Waals surface area contributed by atoms with Gasteiger partial charge in [-0.1, -0.05) is 0 Å². The van der Waals surface area contributed by atoms with Gasteiger partial charge >= 0.3 is 6.09 Å². The normalized spacial score (nSPS) is 22.8. The van der Waals surface area contributed by atoms with Crippen molar-refractivity contribution in [3.63, 3.8) is 0 Å². The fraction of sp³-hybridized carbons (Fsp3) is 0.917. The zero-order valence-corrected chi connectivity index (χ0v) is 11.2. The van der Waals surface area contributed by atoms with E-state index in [9.17, 15) is 13.6 Å². The van der Waals surface area contributed by atoms with Gasteiger partial charge in [0.2, 0.25) is 0 Å². The summed E-state index contributed by atoms with van der Waals surface area (Å²) in [7, 11) is 0. The van der Waals surface area contributed by atoms with Crippen LogP contribution in [-0.2, 0) is 4.74 Å². The molecule has 1 fully saturated rings. The number of ether oxygens (including phenoxy) is 1. The summed E-state index contributed by atoms with van der Waals surface area (Å²) in [6, 6.07) is -0.766. The van der Waals surface area contributed by atoms with E-state index >= 15 is 0 Å². The third-order valence-electron chi connectivity index (χ3n) is 2.70. The Bertz CT molecular complexity index is 290. The van der Waals surface area contributed by atoms with Crippen LogP contribution in [0.1, 0.15) is 40.0 Å². The van der Waals surface area contributed by atoms with Crippen molar-refractivity contribution in [2.24, 2.45) is 0 Å². The van der Waals surface area contributed by atoms with E-state index in [1.165, 1.54) is 0 Å². The molecule has 0 bridgehead atoms. The van der Waals surface area contributed by atoms with Crippen LogP contribution in [0.4, 0.5) is 13.6 Å². The van der Waals surface area contributed by atoms with Gasteiger partial charge in [-0.3, -0.25) is 0 Å².